The molecule has 0 aliphatic carbocycles. The van der Waals surface area contributed by atoms with E-state index in [1.807, 2.05) is 0 Å². The molecule has 0 aliphatic heterocycles. The maximum atomic E-state index is 9.30. The Balaban J connectivity index is 4.06. The monoisotopic (exact) mass is 242 g/mol. The van der Waals surface area contributed by atoms with Gasteiger partial charge in [-0.1, -0.05) is 66.2 Å². The predicted octanol–water partition coefficient (Wildman–Crippen LogP) is 5.03. The fourth-order valence-corrected chi connectivity index (χ4v) is 2.72. The Bertz CT molecular complexity index is 152. The third-order valence-electron chi connectivity index (χ3n) is 4.29. The van der Waals surface area contributed by atoms with Crippen LogP contribution in [0, 0.1) is 17.8 Å². The van der Waals surface area contributed by atoms with Gasteiger partial charge in [0.05, 0.1) is 0 Å². The first-order chi connectivity index (χ1) is 8.21. The second kappa shape index (κ2) is 11.1. The molecule has 0 rings (SSSR count). The lowest BCUT2D eigenvalue weighted by Gasteiger charge is -2.24. The van der Waals surface area contributed by atoms with Gasteiger partial charge >= 0.3 is 0 Å². The molecule has 3 atom stereocenters. The SMILES string of the molecule is CCCCC(CC)CC(CC)CC(CC)CO. The van der Waals surface area contributed by atoms with E-state index in [2.05, 4.69) is 27.7 Å². The molecule has 1 heteroatoms. The van der Waals surface area contributed by atoms with Crippen LogP contribution in [0.3, 0.4) is 0 Å². The van der Waals surface area contributed by atoms with Crippen LogP contribution in [0.25, 0.3) is 0 Å². The smallest absolute Gasteiger partial charge is 0.0459 e. The maximum Gasteiger partial charge on any atom is 0.0459 e. The van der Waals surface area contributed by atoms with E-state index in [0.717, 1.165) is 18.3 Å². The standard InChI is InChI=1S/C16H34O/c1-5-9-10-14(6-2)11-15(7-3)12-16(8-4)13-17/h14-17H,5-13H2,1-4H3. The van der Waals surface area contributed by atoms with Crippen molar-refractivity contribution >= 4 is 0 Å². The third-order valence-corrected chi connectivity index (χ3v) is 4.29. The van der Waals surface area contributed by atoms with E-state index >= 15 is 0 Å². The highest BCUT2D eigenvalue weighted by Gasteiger charge is 2.17. The van der Waals surface area contributed by atoms with Crippen molar-refractivity contribution in [3.8, 4) is 0 Å². The van der Waals surface area contributed by atoms with Crippen LogP contribution < -0.4 is 0 Å². The Kier molecular flexibility index (Phi) is 11.0. The average Bonchev–Trinajstić information content (AvgIpc) is 2.38. The van der Waals surface area contributed by atoms with E-state index in [4.69, 9.17) is 0 Å². The molecule has 0 aliphatic rings. The molecule has 17 heavy (non-hydrogen) atoms. The number of unbranched alkanes of at least 4 members (excludes halogenated alkanes) is 1. The molecule has 0 amide bonds. The van der Waals surface area contributed by atoms with Gasteiger partial charge in [0.1, 0.15) is 0 Å². The number of hydrogen-bond donors (Lipinski definition) is 1. The number of rotatable bonds is 11. The molecule has 0 saturated carbocycles. The lowest BCUT2D eigenvalue weighted by atomic mass is 9.82. The summed E-state index contributed by atoms with van der Waals surface area (Å²) < 4.78 is 0. The van der Waals surface area contributed by atoms with Crippen molar-refractivity contribution < 1.29 is 5.11 Å². The van der Waals surface area contributed by atoms with Gasteiger partial charge in [-0.3, -0.25) is 0 Å². The summed E-state index contributed by atoms with van der Waals surface area (Å²) in [6.45, 7) is 9.49. The lowest BCUT2D eigenvalue weighted by molar-refractivity contribution is 0.182. The largest absolute Gasteiger partial charge is 0.396 e. The van der Waals surface area contributed by atoms with Crippen LogP contribution in [0.1, 0.15) is 79.1 Å². The van der Waals surface area contributed by atoms with Gasteiger partial charge in [0.2, 0.25) is 0 Å². The Morgan fingerprint density at radius 1 is 0.765 bits per heavy atom. The van der Waals surface area contributed by atoms with E-state index in [1.54, 1.807) is 0 Å². The van der Waals surface area contributed by atoms with E-state index in [-0.39, 0.29) is 0 Å². The predicted molar refractivity (Wildman–Crippen MR) is 77.2 cm³/mol. The van der Waals surface area contributed by atoms with Gasteiger partial charge in [-0.25, -0.2) is 0 Å². The molecular formula is C16H34O. The van der Waals surface area contributed by atoms with Crippen molar-refractivity contribution in [2.24, 2.45) is 17.8 Å². The van der Waals surface area contributed by atoms with Crippen molar-refractivity contribution in [3.63, 3.8) is 0 Å². The third kappa shape index (κ3) is 7.81. The van der Waals surface area contributed by atoms with Crippen LogP contribution in [0.15, 0.2) is 0 Å². The summed E-state index contributed by atoms with van der Waals surface area (Å²) in [5.74, 6) is 2.27. The van der Waals surface area contributed by atoms with Gasteiger partial charge in [-0.05, 0) is 30.6 Å². The first-order valence-electron chi connectivity index (χ1n) is 7.82. The highest BCUT2D eigenvalue weighted by Crippen LogP contribution is 2.28. The van der Waals surface area contributed by atoms with Crippen LogP contribution >= 0.6 is 0 Å². The minimum atomic E-state index is 0.374. The van der Waals surface area contributed by atoms with E-state index < -0.39 is 0 Å². The van der Waals surface area contributed by atoms with Gasteiger partial charge < -0.3 is 5.11 Å². The Morgan fingerprint density at radius 3 is 1.71 bits per heavy atom. The van der Waals surface area contributed by atoms with Gasteiger partial charge in [-0.15, -0.1) is 0 Å². The fourth-order valence-electron chi connectivity index (χ4n) is 2.72. The quantitative estimate of drug-likeness (QED) is 0.539. The van der Waals surface area contributed by atoms with Crippen LogP contribution in [0.5, 0.6) is 0 Å². The molecular weight excluding hydrogens is 208 g/mol. The number of aliphatic hydroxyl groups is 1. The zero-order chi connectivity index (χ0) is 13.1. The first-order valence-corrected chi connectivity index (χ1v) is 7.82. The Morgan fingerprint density at radius 2 is 1.29 bits per heavy atom. The van der Waals surface area contributed by atoms with Crippen LogP contribution in [0.2, 0.25) is 0 Å². The highest BCUT2D eigenvalue weighted by atomic mass is 16.3. The second-order valence-corrected chi connectivity index (χ2v) is 5.62. The van der Waals surface area contributed by atoms with Gasteiger partial charge in [-0.2, -0.15) is 0 Å². The van der Waals surface area contributed by atoms with Crippen molar-refractivity contribution in [1.82, 2.24) is 0 Å². The zero-order valence-corrected chi connectivity index (χ0v) is 12.5. The van der Waals surface area contributed by atoms with Crippen molar-refractivity contribution in [3.05, 3.63) is 0 Å². The van der Waals surface area contributed by atoms with Crippen molar-refractivity contribution in [2.45, 2.75) is 79.1 Å². The molecule has 0 aromatic rings. The topological polar surface area (TPSA) is 20.2 Å². The summed E-state index contributed by atoms with van der Waals surface area (Å²) in [7, 11) is 0. The number of aliphatic hydroxyl groups excluding tert-OH is 1. The Hall–Kier alpha value is -0.0400. The van der Waals surface area contributed by atoms with Crippen molar-refractivity contribution in [1.29, 1.82) is 0 Å². The van der Waals surface area contributed by atoms with E-state index in [0.29, 0.717) is 12.5 Å². The summed E-state index contributed by atoms with van der Waals surface area (Å²) >= 11 is 0. The molecule has 0 fully saturated rings. The molecule has 104 valence electrons. The van der Waals surface area contributed by atoms with Gasteiger partial charge in [0.25, 0.3) is 0 Å². The summed E-state index contributed by atoms with van der Waals surface area (Å²) in [4.78, 5) is 0. The van der Waals surface area contributed by atoms with Gasteiger partial charge in [0.15, 0.2) is 0 Å². The molecule has 3 unspecified atom stereocenters. The molecule has 0 aromatic carbocycles. The minimum Gasteiger partial charge on any atom is -0.396 e. The second-order valence-electron chi connectivity index (χ2n) is 5.62. The summed E-state index contributed by atoms with van der Waals surface area (Å²) in [5, 5.41) is 9.30. The summed E-state index contributed by atoms with van der Waals surface area (Å²) in [6, 6.07) is 0. The first kappa shape index (κ1) is 17.0. The highest BCUT2D eigenvalue weighted by molar-refractivity contribution is 4.69. The number of hydrogen-bond acceptors (Lipinski definition) is 1. The molecule has 0 saturated heterocycles. The summed E-state index contributed by atoms with van der Waals surface area (Å²) in [5.41, 5.74) is 0. The van der Waals surface area contributed by atoms with Crippen LogP contribution in [-0.4, -0.2) is 11.7 Å². The minimum absolute atomic E-state index is 0.374. The molecule has 1 N–H and O–H groups in total. The molecule has 1 nitrogen and oxygen atoms in total. The van der Waals surface area contributed by atoms with E-state index in [1.165, 1.54) is 44.9 Å². The lowest BCUT2D eigenvalue weighted by Crippen LogP contribution is -2.15. The van der Waals surface area contributed by atoms with E-state index in [9.17, 15) is 5.11 Å². The normalized spacial score (nSPS) is 16.8. The molecule has 0 spiro atoms. The Labute approximate surface area is 109 Å². The van der Waals surface area contributed by atoms with Gasteiger partial charge in [0, 0.05) is 6.61 Å². The maximum absolute atomic E-state index is 9.30. The molecule has 0 radical (unpaired) electrons. The molecule has 0 bridgehead atoms. The fraction of sp³-hybridized carbons (Fsp3) is 1.00. The average molecular weight is 242 g/mol. The molecule has 0 aromatic heterocycles. The zero-order valence-electron chi connectivity index (χ0n) is 12.5. The molecule has 0 heterocycles. The van der Waals surface area contributed by atoms with Crippen LogP contribution in [-0.2, 0) is 0 Å². The van der Waals surface area contributed by atoms with Crippen molar-refractivity contribution in [2.75, 3.05) is 6.61 Å². The summed E-state index contributed by atoms with van der Waals surface area (Å²) in [6.07, 6.45) is 10.4. The van der Waals surface area contributed by atoms with Crippen LogP contribution in [0.4, 0.5) is 0 Å².